The Bertz CT molecular complexity index is 573. The number of rotatable bonds is 3. The van der Waals surface area contributed by atoms with Crippen LogP contribution in [0.1, 0.15) is 21.5 Å². The van der Waals surface area contributed by atoms with Gasteiger partial charge in [-0.2, -0.15) is 0 Å². The molecule has 0 heterocycles. The summed E-state index contributed by atoms with van der Waals surface area (Å²) in [6.07, 6.45) is 1.79. The van der Waals surface area contributed by atoms with Crippen molar-refractivity contribution in [1.82, 2.24) is 0 Å². The SMILES string of the molecule is C=Cc1ccc(NC(=O)c2ccccc2)c(C)c1. The van der Waals surface area contributed by atoms with E-state index < -0.39 is 0 Å². The summed E-state index contributed by atoms with van der Waals surface area (Å²) in [5, 5.41) is 2.90. The third kappa shape index (κ3) is 2.66. The summed E-state index contributed by atoms with van der Waals surface area (Å²) in [6.45, 7) is 5.69. The molecule has 0 saturated carbocycles. The topological polar surface area (TPSA) is 29.1 Å². The lowest BCUT2D eigenvalue weighted by molar-refractivity contribution is 0.102. The number of nitrogens with one attached hydrogen (secondary N) is 1. The number of amides is 1. The van der Waals surface area contributed by atoms with E-state index in [1.165, 1.54) is 0 Å². The monoisotopic (exact) mass is 237 g/mol. The zero-order chi connectivity index (χ0) is 13.0. The Morgan fingerprint density at radius 3 is 2.50 bits per heavy atom. The molecule has 0 unspecified atom stereocenters. The van der Waals surface area contributed by atoms with Crippen molar-refractivity contribution in [3.05, 3.63) is 71.8 Å². The highest BCUT2D eigenvalue weighted by atomic mass is 16.1. The summed E-state index contributed by atoms with van der Waals surface area (Å²) in [5.74, 6) is -0.0925. The summed E-state index contributed by atoms with van der Waals surface area (Å²) in [5.41, 5.74) is 3.56. The summed E-state index contributed by atoms with van der Waals surface area (Å²) in [7, 11) is 0. The van der Waals surface area contributed by atoms with Gasteiger partial charge in [0.25, 0.3) is 5.91 Å². The molecule has 90 valence electrons. The third-order valence-corrected chi connectivity index (χ3v) is 2.77. The van der Waals surface area contributed by atoms with Crippen molar-refractivity contribution in [2.75, 3.05) is 5.32 Å². The largest absolute Gasteiger partial charge is 0.322 e. The van der Waals surface area contributed by atoms with Crippen molar-refractivity contribution in [2.24, 2.45) is 0 Å². The number of benzene rings is 2. The maximum absolute atomic E-state index is 12.0. The Balaban J connectivity index is 2.20. The van der Waals surface area contributed by atoms with Gasteiger partial charge in [0, 0.05) is 11.3 Å². The number of hydrogen-bond acceptors (Lipinski definition) is 1. The maximum atomic E-state index is 12.0. The highest BCUT2D eigenvalue weighted by Crippen LogP contribution is 2.18. The van der Waals surface area contributed by atoms with Crippen molar-refractivity contribution in [1.29, 1.82) is 0 Å². The van der Waals surface area contributed by atoms with Gasteiger partial charge < -0.3 is 5.32 Å². The highest BCUT2D eigenvalue weighted by molar-refractivity contribution is 6.04. The van der Waals surface area contributed by atoms with E-state index in [9.17, 15) is 4.79 Å². The molecule has 0 aliphatic rings. The molecule has 0 radical (unpaired) electrons. The van der Waals surface area contributed by atoms with Crippen LogP contribution in [-0.2, 0) is 0 Å². The number of aryl methyl sites for hydroxylation is 1. The smallest absolute Gasteiger partial charge is 0.255 e. The third-order valence-electron chi connectivity index (χ3n) is 2.77. The standard InChI is InChI=1S/C16H15NO/c1-3-13-9-10-15(12(2)11-13)17-16(18)14-7-5-4-6-8-14/h3-11H,1H2,2H3,(H,17,18). The fraction of sp³-hybridized carbons (Fsp3) is 0.0625. The normalized spacial score (nSPS) is 9.83. The van der Waals surface area contributed by atoms with Crippen LogP contribution >= 0.6 is 0 Å². The lowest BCUT2D eigenvalue weighted by Crippen LogP contribution is -2.12. The van der Waals surface area contributed by atoms with E-state index in [1.807, 2.05) is 43.3 Å². The van der Waals surface area contributed by atoms with E-state index in [0.29, 0.717) is 5.56 Å². The van der Waals surface area contributed by atoms with Gasteiger partial charge >= 0.3 is 0 Å². The van der Waals surface area contributed by atoms with Crippen molar-refractivity contribution in [3.63, 3.8) is 0 Å². The van der Waals surface area contributed by atoms with E-state index in [4.69, 9.17) is 0 Å². The first-order valence-corrected chi connectivity index (χ1v) is 5.80. The van der Waals surface area contributed by atoms with E-state index in [1.54, 1.807) is 18.2 Å². The number of carbonyl (C=O) groups excluding carboxylic acids is 1. The van der Waals surface area contributed by atoms with Crippen LogP contribution < -0.4 is 5.32 Å². The van der Waals surface area contributed by atoms with Crippen LogP contribution in [0, 0.1) is 6.92 Å². The molecule has 1 amide bonds. The molecule has 0 aliphatic carbocycles. The van der Waals surface area contributed by atoms with Crippen molar-refractivity contribution in [3.8, 4) is 0 Å². The van der Waals surface area contributed by atoms with Crippen molar-refractivity contribution >= 4 is 17.7 Å². The van der Waals surface area contributed by atoms with Crippen LogP contribution in [-0.4, -0.2) is 5.91 Å². The molecule has 1 N–H and O–H groups in total. The van der Waals surface area contributed by atoms with Gasteiger partial charge in [-0.3, -0.25) is 4.79 Å². The van der Waals surface area contributed by atoms with Crippen LogP contribution in [0.5, 0.6) is 0 Å². The van der Waals surface area contributed by atoms with Gasteiger partial charge in [-0.15, -0.1) is 0 Å². The van der Waals surface area contributed by atoms with Crippen LogP contribution in [0.2, 0.25) is 0 Å². The lowest BCUT2D eigenvalue weighted by atomic mass is 10.1. The molecule has 2 aromatic carbocycles. The van der Waals surface area contributed by atoms with Crippen LogP contribution in [0.3, 0.4) is 0 Å². The molecule has 2 rings (SSSR count). The Hall–Kier alpha value is -2.35. The molecule has 0 aromatic heterocycles. The average Bonchev–Trinajstić information content (AvgIpc) is 2.42. The molecule has 2 aromatic rings. The minimum absolute atomic E-state index is 0.0925. The van der Waals surface area contributed by atoms with Crippen LogP contribution in [0.4, 0.5) is 5.69 Å². The van der Waals surface area contributed by atoms with Gasteiger partial charge in [0.1, 0.15) is 0 Å². The second-order valence-corrected chi connectivity index (χ2v) is 4.10. The highest BCUT2D eigenvalue weighted by Gasteiger charge is 2.06. The Morgan fingerprint density at radius 2 is 1.89 bits per heavy atom. The van der Waals surface area contributed by atoms with Crippen LogP contribution in [0.15, 0.2) is 55.1 Å². The summed E-state index contributed by atoms with van der Waals surface area (Å²) in [4.78, 5) is 12.0. The zero-order valence-electron chi connectivity index (χ0n) is 10.3. The van der Waals surface area contributed by atoms with E-state index >= 15 is 0 Å². The predicted octanol–water partition coefficient (Wildman–Crippen LogP) is 3.89. The second kappa shape index (κ2) is 5.32. The Labute approximate surface area is 107 Å². The fourth-order valence-electron chi connectivity index (χ4n) is 1.74. The second-order valence-electron chi connectivity index (χ2n) is 4.10. The predicted molar refractivity (Wildman–Crippen MR) is 75.7 cm³/mol. The van der Waals surface area contributed by atoms with Gasteiger partial charge in [-0.05, 0) is 42.3 Å². The molecule has 18 heavy (non-hydrogen) atoms. The average molecular weight is 237 g/mol. The summed E-state index contributed by atoms with van der Waals surface area (Å²) in [6, 6.07) is 15.0. The van der Waals surface area contributed by atoms with Gasteiger partial charge in [-0.25, -0.2) is 0 Å². The van der Waals surface area contributed by atoms with Gasteiger partial charge in [0.05, 0.1) is 0 Å². The molecule has 0 spiro atoms. The van der Waals surface area contributed by atoms with Gasteiger partial charge in [-0.1, -0.05) is 36.9 Å². The zero-order valence-corrected chi connectivity index (χ0v) is 10.3. The lowest BCUT2D eigenvalue weighted by Gasteiger charge is -2.09. The molecule has 2 nitrogen and oxygen atoms in total. The van der Waals surface area contributed by atoms with Gasteiger partial charge in [0.2, 0.25) is 0 Å². The van der Waals surface area contributed by atoms with E-state index in [-0.39, 0.29) is 5.91 Å². The van der Waals surface area contributed by atoms with Crippen LogP contribution in [0.25, 0.3) is 6.08 Å². The molecule has 2 heteroatoms. The number of anilines is 1. The molecule has 0 fully saturated rings. The summed E-state index contributed by atoms with van der Waals surface area (Å²) < 4.78 is 0. The fourth-order valence-corrected chi connectivity index (χ4v) is 1.74. The van der Waals surface area contributed by atoms with Gasteiger partial charge in [0.15, 0.2) is 0 Å². The molecule has 0 bridgehead atoms. The molecule has 0 atom stereocenters. The Kier molecular flexibility index (Phi) is 3.58. The van der Waals surface area contributed by atoms with Crippen molar-refractivity contribution in [2.45, 2.75) is 6.92 Å². The first-order valence-electron chi connectivity index (χ1n) is 5.80. The molecular formula is C16H15NO. The molecule has 0 aliphatic heterocycles. The Morgan fingerprint density at radius 1 is 1.17 bits per heavy atom. The van der Waals surface area contributed by atoms with E-state index in [0.717, 1.165) is 16.8 Å². The minimum atomic E-state index is -0.0925. The molecule has 0 saturated heterocycles. The van der Waals surface area contributed by atoms with Crippen molar-refractivity contribution < 1.29 is 4.79 Å². The molecular weight excluding hydrogens is 222 g/mol. The summed E-state index contributed by atoms with van der Waals surface area (Å²) >= 11 is 0. The van der Waals surface area contributed by atoms with E-state index in [2.05, 4.69) is 11.9 Å². The first kappa shape index (κ1) is 12.1. The number of hydrogen-bond donors (Lipinski definition) is 1. The maximum Gasteiger partial charge on any atom is 0.255 e. The minimum Gasteiger partial charge on any atom is -0.322 e. The first-order chi connectivity index (χ1) is 8.70. The quantitative estimate of drug-likeness (QED) is 0.862. The number of carbonyl (C=O) groups is 1.